The summed E-state index contributed by atoms with van der Waals surface area (Å²) < 4.78 is 0. The van der Waals surface area contributed by atoms with Gasteiger partial charge in [-0.25, -0.2) is 0 Å². The molecule has 1 N–H and O–H groups in total. The topological polar surface area (TPSA) is 41.5 Å². The van der Waals surface area contributed by atoms with Gasteiger partial charge in [0.05, 0.1) is 5.69 Å². The van der Waals surface area contributed by atoms with Crippen LogP contribution in [0.2, 0.25) is 5.02 Å². The maximum absolute atomic E-state index is 11.7. The van der Waals surface area contributed by atoms with E-state index < -0.39 is 5.41 Å². The molecule has 0 atom stereocenters. The lowest BCUT2D eigenvalue weighted by Gasteiger charge is -2.14. The first-order valence-electron chi connectivity index (χ1n) is 5.10. The molecule has 0 radical (unpaired) electrons. The molecule has 0 aliphatic carbocycles. The highest BCUT2D eigenvalue weighted by molar-refractivity contribution is 6.83. The van der Waals surface area contributed by atoms with Crippen LogP contribution >= 0.6 is 23.2 Å². The Labute approximate surface area is 111 Å². The third-order valence-corrected chi connectivity index (χ3v) is 2.50. The number of benzene rings is 1. The van der Waals surface area contributed by atoms with Crippen molar-refractivity contribution in [1.29, 1.82) is 0 Å². The lowest BCUT2D eigenvalue weighted by Crippen LogP contribution is -2.26. The molecule has 0 heterocycles. The molecule has 0 spiro atoms. The quantitative estimate of drug-likeness (QED) is 0.669. The van der Waals surface area contributed by atoms with E-state index in [-0.39, 0.29) is 11.0 Å². The number of halogens is 2. The van der Waals surface area contributed by atoms with Gasteiger partial charge in [-0.1, -0.05) is 44.0 Å². The molecule has 17 heavy (non-hydrogen) atoms. The molecular weight excluding hydrogens is 259 g/mol. The summed E-state index contributed by atoms with van der Waals surface area (Å²) >= 11 is 11.5. The number of hydrazone groups is 1. The van der Waals surface area contributed by atoms with Gasteiger partial charge in [-0.2, -0.15) is 5.10 Å². The number of ketones is 1. The monoisotopic (exact) mass is 272 g/mol. The van der Waals surface area contributed by atoms with E-state index in [0.29, 0.717) is 10.7 Å². The number of Topliss-reactive ketones (excluding diaryl/α,β-unsaturated/α-hetero) is 1. The number of hydrogen-bond donors (Lipinski definition) is 1. The minimum atomic E-state index is -0.539. The van der Waals surface area contributed by atoms with Crippen molar-refractivity contribution < 1.29 is 4.79 Å². The number of hydrogen-bond acceptors (Lipinski definition) is 3. The SMILES string of the molecule is CC(C)(C)C(=O)/C(Cl)=N/Nc1ccc(Cl)cc1. The van der Waals surface area contributed by atoms with E-state index in [9.17, 15) is 4.79 Å². The smallest absolute Gasteiger partial charge is 0.199 e. The van der Waals surface area contributed by atoms with E-state index >= 15 is 0 Å². The number of rotatable bonds is 3. The van der Waals surface area contributed by atoms with Crippen LogP contribution in [0.3, 0.4) is 0 Å². The molecule has 0 saturated heterocycles. The van der Waals surface area contributed by atoms with Gasteiger partial charge in [0, 0.05) is 10.4 Å². The van der Waals surface area contributed by atoms with Gasteiger partial charge in [0.25, 0.3) is 0 Å². The van der Waals surface area contributed by atoms with Crippen LogP contribution in [0.25, 0.3) is 0 Å². The Morgan fingerprint density at radius 1 is 1.24 bits per heavy atom. The van der Waals surface area contributed by atoms with Crippen molar-refractivity contribution in [2.75, 3.05) is 5.43 Å². The molecule has 0 bridgehead atoms. The highest BCUT2D eigenvalue weighted by Crippen LogP contribution is 2.17. The maximum atomic E-state index is 11.7. The molecule has 0 aromatic heterocycles. The Morgan fingerprint density at radius 3 is 2.24 bits per heavy atom. The Bertz CT molecular complexity index is 433. The van der Waals surface area contributed by atoms with E-state index in [0.717, 1.165) is 0 Å². The standard InChI is InChI=1S/C12H14Cl2N2O/c1-12(2,3)10(17)11(14)16-15-9-6-4-8(13)5-7-9/h4-7,15H,1-3H3/b16-11-. The number of nitrogens with one attached hydrogen (secondary N) is 1. The van der Waals surface area contributed by atoms with E-state index in [4.69, 9.17) is 23.2 Å². The zero-order valence-corrected chi connectivity index (χ0v) is 11.4. The van der Waals surface area contributed by atoms with Crippen LogP contribution in [-0.4, -0.2) is 11.0 Å². The summed E-state index contributed by atoms with van der Waals surface area (Å²) in [5, 5.41) is 4.40. The predicted molar refractivity (Wildman–Crippen MR) is 72.8 cm³/mol. The van der Waals surface area contributed by atoms with E-state index in [1.54, 1.807) is 45.0 Å². The Balaban J connectivity index is 2.71. The van der Waals surface area contributed by atoms with Gasteiger partial charge in [-0.3, -0.25) is 10.2 Å². The first kappa shape index (κ1) is 14.0. The highest BCUT2D eigenvalue weighted by Gasteiger charge is 2.25. The molecule has 0 aliphatic rings. The zero-order chi connectivity index (χ0) is 13.1. The molecule has 0 unspecified atom stereocenters. The molecule has 0 saturated carbocycles. The van der Waals surface area contributed by atoms with E-state index in [1.807, 2.05) is 0 Å². The maximum Gasteiger partial charge on any atom is 0.199 e. The summed E-state index contributed by atoms with van der Waals surface area (Å²) in [6.45, 7) is 5.36. The third-order valence-electron chi connectivity index (χ3n) is 2.00. The van der Waals surface area contributed by atoms with Crippen molar-refractivity contribution in [1.82, 2.24) is 0 Å². The minimum Gasteiger partial charge on any atom is -0.291 e. The zero-order valence-electron chi connectivity index (χ0n) is 9.92. The molecule has 0 aliphatic heterocycles. The van der Waals surface area contributed by atoms with E-state index in [1.165, 1.54) is 0 Å². The van der Waals surface area contributed by atoms with Crippen molar-refractivity contribution in [3.05, 3.63) is 29.3 Å². The van der Waals surface area contributed by atoms with Crippen molar-refractivity contribution in [2.45, 2.75) is 20.8 Å². The first-order valence-corrected chi connectivity index (χ1v) is 5.86. The Hall–Kier alpha value is -1.06. The number of carbonyl (C=O) groups excluding carboxylic acids is 1. The van der Waals surface area contributed by atoms with Gasteiger partial charge in [-0.05, 0) is 24.3 Å². The second-order valence-corrected chi connectivity index (χ2v) is 5.39. The second kappa shape index (κ2) is 5.52. The summed E-state index contributed by atoms with van der Waals surface area (Å²) in [5.41, 5.74) is 2.88. The number of nitrogens with zero attached hydrogens (tertiary/aromatic N) is 1. The van der Waals surface area contributed by atoms with Gasteiger partial charge in [0.15, 0.2) is 11.0 Å². The summed E-state index contributed by atoms with van der Waals surface area (Å²) in [6, 6.07) is 6.94. The molecule has 1 rings (SSSR count). The van der Waals surface area contributed by atoms with Crippen LogP contribution in [0, 0.1) is 5.41 Å². The highest BCUT2D eigenvalue weighted by atomic mass is 35.5. The normalized spacial score (nSPS) is 12.4. The molecule has 3 nitrogen and oxygen atoms in total. The van der Waals surface area contributed by atoms with Crippen molar-refractivity contribution in [3.63, 3.8) is 0 Å². The first-order chi connectivity index (χ1) is 7.80. The summed E-state index contributed by atoms with van der Waals surface area (Å²) in [5.74, 6) is -0.208. The third kappa shape index (κ3) is 4.36. The molecule has 1 aromatic carbocycles. The molecule has 5 heteroatoms. The van der Waals surface area contributed by atoms with Crippen molar-refractivity contribution in [2.24, 2.45) is 10.5 Å². The molecule has 0 amide bonds. The van der Waals surface area contributed by atoms with Crippen LogP contribution in [0.4, 0.5) is 5.69 Å². The van der Waals surface area contributed by atoms with E-state index in [2.05, 4.69) is 10.5 Å². The van der Waals surface area contributed by atoms with Crippen molar-refractivity contribution >= 4 is 39.8 Å². The average Bonchev–Trinajstić information content (AvgIpc) is 2.25. The van der Waals surface area contributed by atoms with Gasteiger partial charge < -0.3 is 0 Å². The summed E-state index contributed by atoms with van der Waals surface area (Å²) in [6.07, 6.45) is 0. The van der Waals surface area contributed by atoms with Crippen LogP contribution in [-0.2, 0) is 4.79 Å². The fraction of sp³-hybridized carbons (Fsp3) is 0.333. The Morgan fingerprint density at radius 2 is 1.76 bits per heavy atom. The van der Waals surface area contributed by atoms with Gasteiger partial charge in [0.2, 0.25) is 0 Å². The van der Waals surface area contributed by atoms with Gasteiger partial charge >= 0.3 is 0 Å². The minimum absolute atomic E-state index is 0.0625. The predicted octanol–water partition coefficient (Wildman–Crippen LogP) is 3.92. The Kier molecular flexibility index (Phi) is 4.54. The van der Waals surface area contributed by atoms with Gasteiger partial charge in [0.1, 0.15) is 0 Å². The summed E-state index contributed by atoms with van der Waals surface area (Å²) in [4.78, 5) is 11.7. The van der Waals surface area contributed by atoms with Crippen LogP contribution in [0.15, 0.2) is 29.4 Å². The largest absolute Gasteiger partial charge is 0.291 e. The lowest BCUT2D eigenvalue weighted by molar-refractivity contribution is -0.119. The molecule has 92 valence electrons. The van der Waals surface area contributed by atoms with Crippen LogP contribution in [0.5, 0.6) is 0 Å². The van der Waals surface area contributed by atoms with Crippen molar-refractivity contribution in [3.8, 4) is 0 Å². The fourth-order valence-electron chi connectivity index (χ4n) is 0.998. The molecule has 0 fully saturated rings. The van der Waals surface area contributed by atoms with Gasteiger partial charge in [-0.15, -0.1) is 0 Å². The van der Waals surface area contributed by atoms with Crippen LogP contribution < -0.4 is 5.43 Å². The lowest BCUT2D eigenvalue weighted by atomic mass is 9.91. The number of carbonyl (C=O) groups is 1. The van der Waals surface area contributed by atoms with Crippen LogP contribution in [0.1, 0.15) is 20.8 Å². The fourth-order valence-corrected chi connectivity index (χ4v) is 1.45. The average molecular weight is 273 g/mol. The number of anilines is 1. The molecule has 1 aromatic rings. The summed E-state index contributed by atoms with van der Waals surface area (Å²) in [7, 11) is 0. The second-order valence-electron chi connectivity index (χ2n) is 4.60. The molecular formula is C12H14Cl2N2O.